The molecule has 2 aliphatic rings. The fourth-order valence-electron chi connectivity index (χ4n) is 5.89. The van der Waals surface area contributed by atoms with Crippen molar-refractivity contribution in [2.24, 2.45) is 11.3 Å². The number of esters is 2. The van der Waals surface area contributed by atoms with Crippen molar-refractivity contribution >= 4 is 11.9 Å². The zero-order valence-electron chi connectivity index (χ0n) is 18.4. The predicted octanol–water partition coefficient (Wildman–Crippen LogP) is 5.69. The molecule has 0 aromatic heterocycles. The van der Waals surface area contributed by atoms with E-state index in [0.717, 1.165) is 36.8 Å². The van der Waals surface area contributed by atoms with Gasteiger partial charge in [0.1, 0.15) is 0 Å². The standard InChI is InChI=1S/C24H34O4/c1-14(2)18-13-17-9-10-19-23(5,6)11-8-12-24(19,7)20(17)22(28-16(4)26)21(18)27-15(3)25/h13-14,19H,8-12H2,1-7H3/t19-,24-/m0/s1. The number of hydrogen-bond donors (Lipinski definition) is 0. The Morgan fingerprint density at radius 3 is 2.21 bits per heavy atom. The van der Waals surface area contributed by atoms with Crippen LogP contribution < -0.4 is 9.47 Å². The van der Waals surface area contributed by atoms with Crippen LogP contribution in [0.1, 0.15) is 96.8 Å². The highest BCUT2D eigenvalue weighted by molar-refractivity contribution is 5.77. The second-order valence-electron chi connectivity index (χ2n) is 9.85. The Hall–Kier alpha value is -1.84. The Kier molecular flexibility index (Phi) is 5.37. The van der Waals surface area contributed by atoms with E-state index in [9.17, 15) is 9.59 Å². The van der Waals surface area contributed by atoms with Crippen molar-refractivity contribution in [1.29, 1.82) is 0 Å². The minimum absolute atomic E-state index is 0.0927. The van der Waals surface area contributed by atoms with E-state index in [1.807, 2.05) is 0 Å². The molecule has 4 heteroatoms. The third-order valence-corrected chi connectivity index (χ3v) is 6.96. The summed E-state index contributed by atoms with van der Waals surface area (Å²) in [5, 5.41) is 0. The van der Waals surface area contributed by atoms with Crippen molar-refractivity contribution in [2.45, 2.75) is 91.9 Å². The maximum atomic E-state index is 12.0. The first-order valence-corrected chi connectivity index (χ1v) is 10.5. The average molecular weight is 387 g/mol. The molecule has 2 aliphatic carbocycles. The van der Waals surface area contributed by atoms with Crippen molar-refractivity contribution in [3.63, 3.8) is 0 Å². The van der Waals surface area contributed by atoms with Crippen LogP contribution in [0.3, 0.4) is 0 Å². The number of carbonyl (C=O) groups excluding carboxylic acids is 2. The van der Waals surface area contributed by atoms with E-state index >= 15 is 0 Å². The third kappa shape index (κ3) is 3.46. The lowest BCUT2D eigenvalue weighted by molar-refractivity contribution is -0.134. The fourth-order valence-corrected chi connectivity index (χ4v) is 5.89. The molecule has 1 aromatic rings. The molecule has 0 spiro atoms. The number of rotatable bonds is 3. The average Bonchev–Trinajstić information content (AvgIpc) is 2.54. The number of carbonyl (C=O) groups is 2. The normalized spacial score (nSPS) is 25.6. The maximum absolute atomic E-state index is 12.0. The second-order valence-corrected chi connectivity index (χ2v) is 9.85. The van der Waals surface area contributed by atoms with Gasteiger partial charge in [0.05, 0.1) is 0 Å². The Balaban J connectivity index is 2.32. The lowest BCUT2D eigenvalue weighted by Gasteiger charge is -2.54. The van der Waals surface area contributed by atoms with Gasteiger partial charge in [-0.05, 0) is 53.9 Å². The van der Waals surface area contributed by atoms with Crippen LogP contribution in [-0.4, -0.2) is 11.9 Å². The van der Waals surface area contributed by atoms with Crippen LogP contribution >= 0.6 is 0 Å². The summed E-state index contributed by atoms with van der Waals surface area (Å²) in [5.74, 6) is 0.803. The Bertz CT molecular complexity index is 805. The minimum Gasteiger partial charge on any atom is -0.422 e. The molecule has 3 rings (SSSR count). The molecular weight excluding hydrogens is 352 g/mol. The summed E-state index contributed by atoms with van der Waals surface area (Å²) in [5.41, 5.74) is 3.41. The summed E-state index contributed by atoms with van der Waals surface area (Å²) in [6.45, 7) is 14.0. The van der Waals surface area contributed by atoms with Gasteiger partial charge in [-0.15, -0.1) is 0 Å². The van der Waals surface area contributed by atoms with Crippen molar-refractivity contribution in [3.05, 3.63) is 22.8 Å². The monoisotopic (exact) mass is 386 g/mol. The highest BCUT2D eigenvalue weighted by Crippen LogP contribution is 2.60. The van der Waals surface area contributed by atoms with Crippen LogP contribution in [0.5, 0.6) is 11.5 Å². The third-order valence-electron chi connectivity index (χ3n) is 6.96. The van der Waals surface area contributed by atoms with Crippen molar-refractivity contribution < 1.29 is 19.1 Å². The van der Waals surface area contributed by atoms with E-state index in [-0.39, 0.29) is 22.7 Å². The SMILES string of the molecule is CC(=O)Oc1c(C(C)C)cc2c(c1OC(C)=O)[C@@]1(C)CCCC(C)(C)[C@@H]1CC2. The molecule has 0 heterocycles. The molecule has 1 aromatic carbocycles. The summed E-state index contributed by atoms with van der Waals surface area (Å²) in [6, 6.07) is 2.19. The molecule has 1 fully saturated rings. The first-order valence-electron chi connectivity index (χ1n) is 10.5. The van der Waals surface area contributed by atoms with Crippen LogP contribution in [-0.2, 0) is 21.4 Å². The Labute approximate surface area is 169 Å². The van der Waals surface area contributed by atoms with Gasteiger partial charge in [0, 0.05) is 25.0 Å². The zero-order chi connectivity index (χ0) is 20.9. The van der Waals surface area contributed by atoms with Crippen LogP contribution in [0.4, 0.5) is 0 Å². The van der Waals surface area contributed by atoms with Crippen LogP contribution in [0, 0.1) is 11.3 Å². The summed E-state index contributed by atoms with van der Waals surface area (Å²) >= 11 is 0. The van der Waals surface area contributed by atoms with Gasteiger partial charge in [0.2, 0.25) is 0 Å². The van der Waals surface area contributed by atoms with E-state index in [4.69, 9.17) is 9.47 Å². The number of fused-ring (bicyclic) bond motifs is 3. The molecule has 0 radical (unpaired) electrons. The summed E-state index contributed by atoms with van der Waals surface area (Å²) < 4.78 is 11.5. The highest BCUT2D eigenvalue weighted by atomic mass is 16.6. The van der Waals surface area contributed by atoms with E-state index in [1.165, 1.54) is 25.8 Å². The molecule has 0 aliphatic heterocycles. The van der Waals surface area contributed by atoms with Crippen LogP contribution in [0.15, 0.2) is 6.07 Å². The van der Waals surface area contributed by atoms with Gasteiger partial charge >= 0.3 is 11.9 Å². The molecule has 1 saturated carbocycles. The minimum atomic E-state index is -0.392. The summed E-state index contributed by atoms with van der Waals surface area (Å²) in [4.78, 5) is 23.9. The Morgan fingerprint density at radius 2 is 1.64 bits per heavy atom. The van der Waals surface area contributed by atoms with Gasteiger partial charge in [0.15, 0.2) is 11.5 Å². The van der Waals surface area contributed by atoms with E-state index in [1.54, 1.807) is 0 Å². The molecule has 0 N–H and O–H groups in total. The summed E-state index contributed by atoms with van der Waals surface area (Å²) in [6.07, 6.45) is 5.52. The maximum Gasteiger partial charge on any atom is 0.308 e. The summed E-state index contributed by atoms with van der Waals surface area (Å²) in [7, 11) is 0. The lowest BCUT2D eigenvalue weighted by Crippen LogP contribution is -2.48. The molecular formula is C24H34O4. The van der Waals surface area contributed by atoms with Crippen LogP contribution in [0.2, 0.25) is 0 Å². The van der Waals surface area contributed by atoms with Crippen molar-refractivity contribution in [1.82, 2.24) is 0 Å². The smallest absolute Gasteiger partial charge is 0.308 e. The van der Waals surface area contributed by atoms with Crippen LogP contribution in [0.25, 0.3) is 0 Å². The zero-order valence-corrected chi connectivity index (χ0v) is 18.4. The van der Waals surface area contributed by atoms with Gasteiger partial charge < -0.3 is 9.47 Å². The number of hydrogen-bond acceptors (Lipinski definition) is 4. The largest absolute Gasteiger partial charge is 0.422 e. The van der Waals surface area contributed by atoms with Gasteiger partial charge in [-0.2, -0.15) is 0 Å². The number of benzene rings is 1. The topological polar surface area (TPSA) is 52.6 Å². The molecule has 4 nitrogen and oxygen atoms in total. The quantitative estimate of drug-likeness (QED) is 0.494. The predicted molar refractivity (Wildman–Crippen MR) is 110 cm³/mol. The van der Waals surface area contributed by atoms with Gasteiger partial charge in [0.25, 0.3) is 0 Å². The van der Waals surface area contributed by atoms with Gasteiger partial charge in [-0.25, -0.2) is 0 Å². The molecule has 28 heavy (non-hydrogen) atoms. The van der Waals surface area contributed by atoms with Crippen molar-refractivity contribution in [2.75, 3.05) is 0 Å². The first kappa shape index (κ1) is 20.9. The molecule has 0 saturated heterocycles. The van der Waals surface area contributed by atoms with Crippen molar-refractivity contribution in [3.8, 4) is 11.5 Å². The number of aryl methyl sites for hydroxylation is 1. The molecule has 0 unspecified atom stereocenters. The highest BCUT2D eigenvalue weighted by Gasteiger charge is 2.52. The lowest BCUT2D eigenvalue weighted by atomic mass is 9.50. The fraction of sp³-hybridized carbons (Fsp3) is 0.667. The Morgan fingerprint density at radius 1 is 1.04 bits per heavy atom. The molecule has 154 valence electrons. The van der Waals surface area contributed by atoms with E-state index in [0.29, 0.717) is 17.4 Å². The van der Waals surface area contributed by atoms with E-state index in [2.05, 4.69) is 40.7 Å². The second kappa shape index (κ2) is 7.20. The van der Waals surface area contributed by atoms with Gasteiger partial charge in [-0.1, -0.05) is 47.1 Å². The van der Waals surface area contributed by atoms with Gasteiger partial charge in [-0.3, -0.25) is 9.59 Å². The molecule has 0 bridgehead atoms. The van der Waals surface area contributed by atoms with E-state index < -0.39 is 5.97 Å². The molecule has 0 amide bonds. The number of ether oxygens (including phenoxy) is 2. The molecule has 2 atom stereocenters. The first-order chi connectivity index (χ1) is 13.0.